The molecule has 0 aliphatic carbocycles. The maximum atomic E-state index is 12.3. The monoisotopic (exact) mass is 382 g/mol. The minimum atomic E-state index is -0.401. The molecule has 0 spiro atoms. The Morgan fingerprint density at radius 3 is 2.40 bits per heavy atom. The molecule has 0 unspecified atom stereocenters. The van der Waals surface area contributed by atoms with Gasteiger partial charge in [-0.3, -0.25) is 9.18 Å². The van der Waals surface area contributed by atoms with Crippen LogP contribution in [-0.2, 0) is 17.7 Å². The molecule has 6 heteroatoms. The van der Waals surface area contributed by atoms with E-state index in [0.29, 0.717) is 17.1 Å². The molecule has 0 aliphatic heterocycles. The molecule has 0 radical (unpaired) electrons. The summed E-state index contributed by atoms with van der Waals surface area (Å²) in [5, 5.41) is 4.47. The van der Waals surface area contributed by atoms with Crippen LogP contribution >= 0.6 is 23.4 Å². The standard InChI is InChI=1S/C19H24ClFN2OS/c1-19(2,3)23-18(24)17(20)16(12-22-23)25-13-15-9-7-14(8-10-15)6-4-5-11-21/h7-10,12H,4-6,11,13H2,1-3H3. The van der Waals surface area contributed by atoms with Gasteiger partial charge in [-0.15, -0.1) is 11.8 Å². The first-order chi connectivity index (χ1) is 11.8. The topological polar surface area (TPSA) is 34.9 Å². The van der Waals surface area contributed by atoms with Crippen molar-refractivity contribution in [1.82, 2.24) is 9.78 Å². The molecule has 0 atom stereocenters. The van der Waals surface area contributed by atoms with E-state index >= 15 is 0 Å². The van der Waals surface area contributed by atoms with Crippen molar-refractivity contribution < 1.29 is 4.39 Å². The lowest BCUT2D eigenvalue weighted by Crippen LogP contribution is -2.36. The molecule has 1 aromatic carbocycles. The Labute approximate surface area is 157 Å². The minimum Gasteiger partial charge on any atom is -0.266 e. The van der Waals surface area contributed by atoms with Crippen molar-refractivity contribution in [1.29, 1.82) is 0 Å². The zero-order valence-electron chi connectivity index (χ0n) is 14.9. The van der Waals surface area contributed by atoms with Crippen LogP contribution in [0.3, 0.4) is 0 Å². The summed E-state index contributed by atoms with van der Waals surface area (Å²) in [4.78, 5) is 13.0. The Morgan fingerprint density at radius 2 is 1.80 bits per heavy atom. The first-order valence-electron chi connectivity index (χ1n) is 8.38. The lowest BCUT2D eigenvalue weighted by atomic mass is 10.1. The fraction of sp³-hybridized carbons (Fsp3) is 0.474. The summed E-state index contributed by atoms with van der Waals surface area (Å²) >= 11 is 7.75. The summed E-state index contributed by atoms with van der Waals surface area (Å²) in [6.45, 7) is 5.50. The number of hydrogen-bond acceptors (Lipinski definition) is 3. The zero-order chi connectivity index (χ0) is 18.4. The van der Waals surface area contributed by atoms with Crippen LogP contribution in [0.15, 0.2) is 40.2 Å². The maximum Gasteiger partial charge on any atom is 0.287 e. The fourth-order valence-electron chi connectivity index (χ4n) is 2.38. The highest BCUT2D eigenvalue weighted by molar-refractivity contribution is 7.98. The highest BCUT2D eigenvalue weighted by Crippen LogP contribution is 2.27. The largest absolute Gasteiger partial charge is 0.287 e. The van der Waals surface area contributed by atoms with Gasteiger partial charge in [-0.2, -0.15) is 5.10 Å². The Bertz CT molecular complexity index is 753. The summed E-state index contributed by atoms with van der Waals surface area (Å²) in [7, 11) is 0. The van der Waals surface area contributed by atoms with E-state index in [4.69, 9.17) is 11.6 Å². The van der Waals surface area contributed by atoms with Crippen LogP contribution in [-0.4, -0.2) is 16.5 Å². The molecule has 2 rings (SSSR count). The summed E-state index contributed by atoms with van der Waals surface area (Å²) < 4.78 is 13.5. The second kappa shape index (κ2) is 8.86. The van der Waals surface area contributed by atoms with E-state index < -0.39 is 5.54 Å². The van der Waals surface area contributed by atoms with Crippen LogP contribution < -0.4 is 5.56 Å². The predicted molar refractivity (Wildman–Crippen MR) is 103 cm³/mol. The molecule has 136 valence electrons. The average Bonchev–Trinajstić information content (AvgIpc) is 2.56. The van der Waals surface area contributed by atoms with Crippen molar-refractivity contribution in [2.24, 2.45) is 0 Å². The normalized spacial score (nSPS) is 11.7. The van der Waals surface area contributed by atoms with Crippen LogP contribution in [0.2, 0.25) is 5.02 Å². The van der Waals surface area contributed by atoms with Gasteiger partial charge in [0.25, 0.3) is 5.56 Å². The van der Waals surface area contributed by atoms with Gasteiger partial charge in [-0.25, -0.2) is 4.68 Å². The number of hydrogen-bond donors (Lipinski definition) is 0. The molecule has 0 saturated heterocycles. The molecule has 0 amide bonds. The summed E-state index contributed by atoms with van der Waals surface area (Å²) in [5.41, 5.74) is 1.70. The summed E-state index contributed by atoms with van der Waals surface area (Å²) in [6.07, 6.45) is 4.04. The molecule has 1 heterocycles. The highest BCUT2D eigenvalue weighted by atomic mass is 35.5. The number of unbranched alkanes of at least 4 members (excludes halogenated alkanes) is 1. The molecule has 0 aliphatic rings. The van der Waals surface area contributed by atoms with Gasteiger partial charge in [0.05, 0.1) is 23.3 Å². The second-order valence-corrected chi connectivity index (χ2v) is 8.36. The van der Waals surface area contributed by atoms with Crippen LogP contribution in [0, 0.1) is 0 Å². The van der Waals surface area contributed by atoms with Gasteiger partial charge < -0.3 is 0 Å². The molecule has 0 bridgehead atoms. The quantitative estimate of drug-likeness (QED) is 0.485. The first kappa shape index (κ1) is 20.0. The molecular weight excluding hydrogens is 359 g/mol. The number of halogens is 2. The molecule has 3 nitrogen and oxygen atoms in total. The third kappa shape index (κ3) is 5.58. The van der Waals surface area contributed by atoms with E-state index in [1.54, 1.807) is 6.20 Å². The Kier molecular flexibility index (Phi) is 7.08. The molecular formula is C19H24ClFN2OS. The number of thioether (sulfide) groups is 1. The number of benzene rings is 1. The van der Waals surface area contributed by atoms with Crippen molar-refractivity contribution in [3.05, 3.63) is 57.0 Å². The predicted octanol–water partition coefficient (Wildman–Crippen LogP) is 5.24. The third-order valence-corrected chi connectivity index (χ3v) is 5.36. The molecule has 25 heavy (non-hydrogen) atoms. The SMILES string of the molecule is CC(C)(C)n1ncc(SCc2ccc(CCCCF)cc2)c(Cl)c1=O. The van der Waals surface area contributed by atoms with Crippen LogP contribution in [0.25, 0.3) is 0 Å². The Morgan fingerprint density at radius 1 is 1.16 bits per heavy atom. The van der Waals surface area contributed by atoms with Crippen LogP contribution in [0.4, 0.5) is 4.39 Å². The number of alkyl halides is 1. The molecule has 0 saturated carbocycles. The number of aromatic nitrogens is 2. The zero-order valence-corrected chi connectivity index (χ0v) is 16.5. The summed E-state index contributed by atoms with van der Waals surface area (Å²) in [6, 6.07) is 8.28. The number of nitrogens with zero attached hydrogens (tertiary/aromatic N) is 2. The van der Waals surface area contributed by atoms with E-state index in [-0.39, 0.29) is 17.3 Å². The summed E-state index contributed by atoms with van der Waals surface area (Å²) in [5.74, 6) is 0.713. The van der Waals surface area contributed by atoms with E-state index in [2.05, 4.69) is 29.4 Å². The van der Waals surface area contributed by atoms with Crippen molar-refractivity contribution in [3.8, 4) is 0 Å². The fourth-order valence-corrected chi connectivity index (χ4v) is 3.53. The van der Waals surface area contributed by atoms with Crippen molar-refractivity contribution in [3.63, 3.8) is 0 Å². The Hall–Kier alpha value is -1.33. The molecule has 0 N–H and O–H groups in total. The number of rotatable bonds is 7. The molecule has 1 aromatic heterocycles. The van der Waals surface area contributed by atoms with Gasteiger partial charge in [0.1, 0.15) is 5.02 Å². The lowest BCUT2D eigenvalue weighted by Gasteiger charge is -2.21. The van der Waals surface area contributed by atoms with Crippen LogP contribution in [0.5, 0.6) is 0 Å². The molecule has 2 aromatic rings. The minimum absolute atomic E-state index is 0.220. The van der Waals surface area contributed by atoms with E-state index in [1.165, 1.54) is 22.0 Å². The number of aryl methyl sites for hydroxylation is 1. The van der Waals surface area contributed by atoms with Gasteiger partial charge in [0, 0.05) is 5.75 Å². The molecule has 0 fully saturated rings. The van der Waals surface area contributed by atoms with Gasteiger partial charge in [-0.05, 0) is 51.2 Å². The second-order valence-electron chi connectivity index (χ2n) is 6.96. The third-order valence-electron chi connectivity index (χ3n) is 3.79. The first-order valence-corrected chi connectivity index (χ1v) is 9.74. The van der Waals surface area contributed by atoms with Crippen LogP contribution in [0.1, 0.15) is 44.7 Å². The van der Waals surface area contributed by atoms with E-state index in [0.717, 1.165) is 18.4 Å². The van der Waals surface area contributed by atoms with Crippen molar-refractivity contribution >= 4 is 23.4 Å². The van der Waals surface area contributed by atoms with Gasteiger partial charge in [-0.1, -0.05) is 35.9 Å². The maximum absolute atomic E-state index is 12.3. The smallest absolute Gasteiger partial charge is 0.266 e. The van der Waals surface area contributed by atoms with E-state index in [1.807, 2.05) is 20.8 Å². The van der Waals surface area contributed by atoms with Gasteiger partial charge >= 0.3 is 0 Å². The van der Waals surface area contributed by atoms with Crippen molar-refractivity contribution in [2.75, 3.05) is 6.67 Å². The van der Waals surface area contributed by atoms with Crippen molar-refractivity contribution in [2.45, 2.75) is 56.2 Å². The van der Waals surface area contributed by atoms with Gasteiger partial charge in [0.15, 0.2) is 0 Å². The Balaban J connectivity index is 2.02. The lowest BCUT2D eigenvalue weighted by molar-refractivity contribution is 0.336. The van der Waals surface area contributed by atoms with E-state index in [9.17, 15) is 9.18 Å². The average molecular weight is 383 g/mol. The van der Waals surface area contributed by atoms with Gasteiger partial charge in [0.2, 0.25) is 0 Å². The highest BCUT2D eigenvalue weighted by Gasteiger charge is 2.19.